The van der Waals surface area contributed by atoms with E-state index in [-0.39, 0.29) is 0 Å². The number of rotatable bonds is 3. The third-order valence-electron chi connectivity index (χ3n) is 3.25. The van der Waals surface area contributed by atoms with Crippen LogP contribution in [0.5, 0.6) is 0 Å². The number of nitrogen functional groups attached to an aromatic ring is 1. The number of carbonyl (C=O) groups is 1. The largest absolute Gasteiger partial charge is 0.397 e. The van der Waals surface area contributed by atoms with Crippen LogP contribution >= 0.6 is 0 Å². The average Bonchev–Trinajstić information content (AvgIpc) is 2.98. The molecule has 0 aliphatic heterocycles. The van der Waals surface area contributed by atoms with Gasteiger partial charge in [-0.25, -0.2) is 4.68 Å². The van der Waals surface area contributed by atoms with Crippen LogP contribution in [0.1, 0.15) is 10.4 Å². The van der Waals surface area contributed by atoms with Gasteiger partial charge < -0.3 is 11.5 Å². The molecule has 0 fully saturated rings. The third-order valence-corrected chi connectivity index (χ3v) is 3.25. The second kappa shape index (κ2) is 5.13. The lowest BCUT2D eigenvalue weighted by molar-refractivity contribution is 0.100. The maximum Gasteiger partial charge on any atom is 0.248 e. The Morgan fingerprint density at radius 2 is 1.81 bits per heavy atom. The number of hydrogen-bond acceptors (Lipinski definition) is 3. The van der Waals surface area contributed by atoms with Gasteiger partial charge in [0.25, 0.3) is 0 Å². The number of carbonyl (C=O) groups excluding carboxylic acids is 1. The maximum absolute atomic E-state index is 11.3. The van der Waals surface area contributed by atoms with Crippen LogP contribution in [0.4, 0.5) is 5.69 Å². The van der Waals surface area contributed by atoms with E-state index >= 15 is 0 Å². The lowest BCUT2D eigenvalue weighted by Crippen LogP contribution is -2.12. The van der Waals surface area contributed by atoms with Crippen molar-refractivity contribution in [2.75, 3.05) is 5.73 Å². The van der Waals surface area contributed by atoms with Crippen LogP contribution in [0.15, 0.2) is 60.9 Å². The Bertz CT molecular complexity index is 793. The van der Waals surface area contributed by atoms with E-state index in [1.54, 1.807) is 29.1 Å². The lowest BCUT2D eigenvalue weighted by Gasteiger charge is -2.07. The average molecular weight is 278 g/mol. The molecule has 3 aromatic rings. The van der Waals surface area contributed by atoms with Gasteiger partial charge in [0.2, 0.25) is 5.91 Å². The normalized spacial score (nSPS) is 10.5. The molecule has 0 aliphatic carbocycles. The minimum Gasteiger partial charge on any atom is -0.397 e. The van der Waals surface area contributed by atoms with Crippen molar-refractivity contribution in [1.82, 2.24) is 9.78 Å². The predicted octanol–water partition coefficient (Wildman–Crippen LogP) is 2.22. The molecule has 5 heteroatoms. The Balaban J connectivity index is 2.04. The minimum atomic E-state index is -0.494. The number of benzene rings is 2. The fourth-order valence-electron chi connectivity index (χ4n) is 2.13. The number of nitrogens with two attached hydrogens (primary N) is 2. The molecule has 3 rings (SSSR count). The zero-order chi connectivity index (χ0) is 14.8. The summed E-state index contributed by atoms with van der Waals surface area (Å²) in [7, 11) is 0. The Hall–Kier alpha value is -3.08. The van der Waals surface area contributed by atoms with Crippen molar-refractivity contribution in [2.45, 2.75) is 0 Å². The second-order valence-corrected chi connectivity index (χ2v) is 4.68. The van der Waals surface area contributed by atoms with E-state index in [1.165, 1.54) is 0 Å². The van der Waals surface area contributed by atoms with Crippen LogP contribution < -0.4 is 11.5 Å². The van der Waals surface area contributed by atoms with Crippen LogP contribution in [0, 0.1) is 0 Å². The molecule has 0 saturated carbocycles. The Morgan fingerprint density at radius 1 is 1.05 bits per heavy atom. The first-order chi connectivity index (χ1) is 10.1. The number of hydrogen-bond donors (Lipinski definition) is 2. The van der Waals surface area contributed by atoms with E-state index in [9.17, 15) is 4.79 Å². The first-order valence-electron chi connectivity index (χ1n) is 6.45. The summed E-state index contributed by atoms with van der Waals surface area (Å²) in [4.78, 5) is 11.3. The zero-order valence-electron chi connectivity index (χ0n) is 11.2. The second-order valence-electron chi connectivity index (χ2n) is 4.68. The SMILES string of the molecule is NC(=O)c1ccc(N)c(-n2cc(-c3ccccc3)cn2)c1. The fraction of sp³-hybridized carbons (Fsp3) is 0. The van der Waals surface area contributed by atoms with Crippen LogP contribution in [0.3, 0.4) is 0 Å². The van der Waals surface area contributed by atoms with E-state index in [2.05, 4.69) is 5.10 Å². The molecule has 0 unspecified atom stereocenters. The highest BCUT2D eigenvalue weighted by molar-refractivity contribution is 5.94. The number of anilines is 1. The summed E-state index contributed by atoms with van der Waals surface area (Å²) in [6.07, 6.45) is 3.62. The highest BCUT2D eigenvalue weighted by Crippen LogP contribution is 2.23. The number of amides is 1. The smallest absolute Gasteiger partial charge is 0.248 e. The van der Waals surface area contributed by atoms with E-state index in [0.29, 0.717) is 16.9 Å². The van der Waals surface area contributed by atoms with Gasteiger partial charge in [0.05, 0.1) is 17.6 Å². The van der Waals surface area contributed by atoms with Crippen LogP contribution in [0.25, 0.3) is 16.8 Å². The van der Waals surface area contributed by atoms with Gasteiger partial charge in [-0.3, -0.25) is 4.79 Å². The predicted molar refractivity (Wildman–Crippen MR) is 81.9 cm³/mol. The molecule has 2 aromatic carbocycles. The molecular weight excluding hydrogens is 264 g/mol. The molecular formula is C16H14N4O. The van der Waals surface area contributed by atoms with E-state index in [0.717, 1.165) is 11.1 Å². The van der Waals surface area contributed by atoms with Gasteiger partial charge in [0, 0.05) is 17.3 Å². The summed E-state index contributed by atoms with van der Waals surface area (Å²) in [5.41, 5.74) is 14.9. The quantitative estimate of drug-likeness (QED) is 0.720. The first-order valence-corrected chi connectivity index (χ1v) is 6.45. The Labute approximate surface area is 121 Å². The molecule has 0 saturated heterocycles. The van der Waals surface area contributed by atoms with Crippen LogP contribution in [0.2, 0.25) is 0 Å². The van der Waals surface area contributed by atoms with Crippen molar-refractivity contribution in [3.63, 3.8) is 0 Å². The number of primary amides is 1. The van der Waals surface area contributed by atoms with Gasteiger partial charge in [-0.05, 0) is 23.8 Å². The standard InChI is InChI=1S/C16H14N4O/c17-14-7-6-12(16(18)21)8-15(14)20-10-13(9-19-20)11-4-2-1-3-5-11/h1-10H,17H2,(H2,18,21). The van der Waals surface area contributed by atoms with Crippen molar-refractivity contribution in [3.05, 3.63) is 66.5 Å². The van der Waals surface area contributed by atoms with Crippen LogP contribution in [-0.4, -0.2) is 15.7 Å². The summed E-state index contributed by atoms with van der Waals surface area (Å²) in [5.74, 6) is -0.494. The highest BCUT2D eigenvalue weighted by Gasteiger charge is 2.09. The lowest BCUT2D eigenvalue weighted by atomic mass is 10.1. The molecule has 0 aliphatic rings. The number of aromatic nitrogens is 2. The van der Waals surface area contributed by atoms with E-state index in [4.69, 9.17) is 11.5 Å². The topological polar surface area (TPSA) is 86.9 Å². The molecule has 21 heavy (non-hydrogen) atoms. The molecule has 1 heterocycles. The van der Waals surface area contributed by atoms with Gasteiger partial charge in [-0.2, -0.15) is 5.10 Å². The summed E-state index contributed by atoms with van der Waals surface area (Å²) in [6, 6.07) is 14.8. The molecule has 0 atom stereocenters. The summed E-state index contributed by atoms with van der Waals surface area (Å²) < 4.78 is 1.64. The van der Waals surface area contributed by atoms with Gasteiger partial charge in [0.15, 0.2) is 0 Å². The monoisotopic (exact) mass is 278 g/mol. The fourth-order valence-corrected chi connectivity index (χ4v) is 2.13. The van der Waals surface area contributed by atoms with Gasteiger partial charge >= 0.3 is 0 Å². The van der Waals surface area contributed by atoms with Crippen molar-refractivity contribution in [1.29, 1.82) is 0 Å². The minimum absolute atomic E-state index is 0.399. The number of nitrogens with zero attached hydrogens (tertiary/aromatic N) is 2. The van der Waals surface area contributed by atoms with Gasteiger partial charge in [-0.1, -0.05) is 30.3 Å². The van der Waals surface area contributed by atoms with Crippen LogP contribution in [-0.2, 0) is 0 Å². The Morgan fingerprint density at radius 3 is 2.52 bits per heavy atom. The first kappa shape index (κ1) is 12.9. The highest BCUT2D eigenvalue weighted by atomic mass is 16.1. The molecule has 1 aromatic heterocycles. The van der Waals surface area contributed by atoms with Crippen molar-refractivity contribution in [2.24, 2.45) is 5.73 Å². The summed E-state index contributed by atoms with van der Waals surface area (Å²) >= 11 is 0. The molecule has 0 radical (unpaired) electrons. The van der Waals surface area contributed by atoms with E-state index in [1.807, 2.05) is 36.5 Å². The van der Waals surface area contributed by atoms with Gasteiger partial charge in [-0.15, -0.1) is 0 Å². The maximum atomic E-state index is 11.3. The molecule has 0 bridgehead atoms. The summed E-state index contributed by atoms with van der Waals surface area (Å²) in [5, 5.41) is 4.31. The molecule has 4 N–H and O–H groups in total. The molecule has 0 spiro atoms. The van der Waals surface area contributed by atoms with Crippen molar-refractivity contribution >= 4 is 11.6 Å². The zero-order valence-corrected chi connectivity index (χ0v) is 11.2. The molecule has 1 amide bonds. The van der Waals surface area contributed by atoms with Gasteiger partial charge in [0.1, 0.15) is 0 Å². The summed E-state index contributed by atoms with van der Waals surface area (Å²) in [6.45, 7) is 0. The molecule has 104 valence electrons. The molecule has 5 nitrogen and oxygen atoms in total. The Kier molecular flexibility index (Phi) is 3.16. The van der Waals surface area contributed by atoms with Crippen molar-refractivity contribution < 1.29 is 4.79 Å². The third kappa shape index (κ3) is 2.49. The van der Waals surface area contributed by atoms with Crippen molar-refractivity contribution in [3.8, 4) is 16.8 Å². The van der Waals surface area contributed by atoms with E-state index < -0.39 is 5.91 Å².